The van der Waals surface area contributed by atoms with Crippen molar-refractivity contribution >= 4 is 28.6 Å². The molecule has 7 heteroatoms. The van der Waals surface area contributed by atoms with E-state index in [0.717, 1.165) is 18.9 Å². The van der Waals surface area contributed by atoms with Crippen molar-refractivity contribution in [2.24, 2.45) is 0 Å². The van der Waals surface area contributed by atoms with Crippen LogP contribution in [0.4, 0.5) is 13.2 Å². The van der Waals surface area contributed by atoms with Gasteiger partial charge in [0.2, 0.25) is 0 Å². The zero-order valence-electron chi connectivity index (χ0n) is 18.6. The minimum absolute atomic E-state index is 0. The SMILES string of the molecule is C[Si](C)(C)C1=[C-]CC=C1.C[Si](C)(C)C1=[C-]CC=C1.Cl.FC(F)(F)c1[c-]cccc1.[Ti+3]. The first-order valence-corrected chi connectivity index (χ1v) is 16.4. The number of alkyl halides is 3. The van der Waals surface area contributed by atoms with Gasteiger partial charge in [0, 0.05) is 16.1 Å². The molecular weight excluding hydrogens is 473 g/mol. The molecular formula is C23H31ClF3Si2Ti. The number of hydrogen-bond acceptors (Lipinski definition) is 0. The Morgan fingerprint density at radius 3 is 1.40 bits per heavy atom. The van der Waals surface area contributed by atoms with Crippen LogP contribution >= 0.6 is 12.4 Å². The van der Waals surface area contributed by atoms with Crippen LogP contribution in [-0.2, 0) is 27.9 Å². The molecule has 0 aliphatic heterocycles. The van der Waals surface area contributed by atoms with Crippen molar-refractivity contribution in [3.63, 3.8) is 0 Å². The summed E-state index contributed by atoms with van der Waals surface area (Å²) in [7, 11) is -2.01. The van der Waals surface area contributed by atoms with Crippen LogP contribution in [0, 0.1) is 18.2 Å². The van der Waals surface area contributed by atoms with Gasteiger partial charge in [0.25, 0.3) is 0 Å². The molecule has 0 amide bonds. The summed E-state index contributed by atoms with van der Waals surface area (Å²) in [6.07, 6.45) is 13.4. The van der Waals surface area contributed by atoms with Crippen molar-refractivity contribution in [1.29, 1.82) is 0 Å². The molecule has 2 aliphatic rings. The Kier molecular flexibility index (Phi) is 14.5. The molecule has 1 aromatic carbocycles. The Morgan fingerprint density at radius 2 is 1.23 bits per heavy atom. The number of allylic oxidation sites excluding steroid dienone is 8. The molecule has 0 atom stereocenters. The molecule has 1 aromatic rings. The molecule has 1 radical (unpaired) electrons. The summed E-state index contributed by atoms with van der Waals surface area (Å²) in [4.78, 5) is 0. The van der Waals surface area contributed by atoms with Gasteiger partial charge in [0.15, 0.2) is 0 Å². The summed E-state index contributed by atoms with van der Waals surface area (Å²) in [5.74, 6) is 0. The molecule has 3 rings (SSSR count). The van der Waals surface area contributed by atoms with E-state index in [2.05, 4.69) is 81.8 Å². The number of rotatable bonds is 2. The molecule has 0 spiro atoms. The van der Waals surface area contributed by atoms with E-state index in [0.29, 0.717) is 0 Å². The van der Waals surface area contributed by atoms with Gasteiger partial charge in [-0.3, -0.25) is 12.2 Å². The summed E-state index contributed by atoms with van der Waals surface area (Å²) in [5, 5.41) is 2.98. The third-order valence-electron chi connectivity index (χ3n) is 4.02. The van der Waals surface area contributed by atoms with Crippen LogP contribution in [0.1, 0.15) is 18.4 Å². The first-order chi connectivity index (χ1) is 12.8. The maximum atomic E-state index is 11.8. The second-order valence-electron chi connectivity index (χ2n) is 8.67. The average Bonchev–Trinajstić information content (AvgIpc) is 3.29. The Hall–Kier alpha value is -0.592. The topological polar surface area (TPSA) is 0 Å². The van der Waals surface area contributed by atoms with E-state index in [-0.39, 0.29) is 34.1 Å². The van der Waals surface area contributed by atoms with Gasteiger partial charge in [-0.2, -0.15) is 55.7 Å². The van der Waals surface area contributed by atoms with E-state index in [1.165, 1.54) is 28.6 Å². The van der Waals surface area contributed by atoms with Crippen molar-refractivity contribution < 1.29 is 34.9 Å². The molecule has 0 aromatic heterocycles. The molecule has 0 saturated carbocycles. The Morgan fingerprint density at radius 1 is 0.800 bits per heavy atom. The Bertz CT molecular complexity index is 698. The predicted molar refractivity (Wildman–Crippen MR) is 125 cm³/mol. The van der Waals surface area contributed by atoms with Gasteiger partial charge in [0.1, 0.15) is 0 Å². The van der Waals surface area contributed by atoms with Gasteiger partial charge < -0.3 is 0 Å². The fourth-order valence-electron chi connectivity index (χ4n) is 2.41. The number of benzene rings is 1. The molecule has 0 saturated heterocycles. The van der Waals surface area contributed by atoms with Crippen LogP contribution < -0.4 is 0 Å². The molecule has 2 aliphatic carbocycles. The van der Waals surface area contributed by atoms with E-state index in [1.807, 2.05) is 0 Å². The van der Waals surface area contributed by atoms with E-state index < -0.39 is 27.9 Å². The second kappa shape index (κ2) is 13.7. The van der Waals surface area contributed by atoms with Gasteiger partial charge in [-0.15, -0.1) is 25.2 Å². The van der Waals surface area contributed by atoms with Crippen molar-refractivity contribution in [1.82, 2.24) is 0 Å². The second-order valence-corrected chi connectivity index (χ2v) is 18.7. The standard InChI is InChI=1S/2C8H13Si.C7H4F3.ClH.Ti/c2*1-9(2,3)8-6-4-5-7-8;8-7(9,10)6-4-2-1-3-5-6;;/h2*4,6H,5H2,1-3H3;1-4H;1H;/q3*-1;;+3. The zero-order chi connectivity index (χ0) is 21.4. The predicted octanol–water partition coefficient (Wildman–Crippen LogP) is 8.03. The molecule has 0 N–H and O–H groups in total. The molecule has 30 heavy (non-hydrogen) atoms. The summed E-state index contributed by atoms with van der Waals surface area (Å²) in [6, 6.07) is 7.14. The third kappa shape index (κ3) is 12.3. The van der Waals surface area contributed by atoms with Crippen molar-refractivity contribution in [2.75, 3.05) is 0 Å². The van der Waals surface area contributed by atoms with Crippen LogP contribution in [0.5, 0.6) is 0 Å². The molecule has 0 nitrogen and oxygen atoms in total. The fourth-order valence-corrected chi connectivity index (χ4v) is 4.91. The Labute approximate surface area is 203 Å². The molecule has 0 heterocycles. The minimum Gasteiger partial charge on any atom is -0.274 e. The normalized spacial score (nSPS) is 14.8. The van der Waals surface area contributed by atoms with Crippen molar-refractivity contribution in [2.45, 2.75) is 58.3 Å². The Balaban J connectivity index is 0. The number of halogens is 4. The van der Waals surface area contributed by atoms with Crippen molar-refractivity contribution in [3.8, 4) is 0 Å². The third-order valence-corrected chi connectivity index (χ3v) is 7.94. The van der Waals surface area contributed by atoms with Crippen LogP contribution in [0.2, 0.25) is 39.3 Å². The van der Waals surface area contributed by atoms with Crippen LogP contribution in [-0.4, -0.2) is 16.1 Å². The summed E-state index contributed by atoms with van der Waals surface area (Å²) in [6.45, 7) is 14.1. The maximum absolute atomic E-state index is 11.8. The van der Waals surface area contributed by atoms with Gasteiger partial charge in [-0.25, -0.2) is 22.5 Å². The fraction of sp³-hybridized carbons (Fsp3) is 0.391. The molecule has 0 fully saturated rings. The van der Waals surface area contributed by atoms with E-state index in [4.69, 9.17) is 0 Å². The zero-order valence-corrected chi connectivity index (χ0v) is 23.0. The van der Waals surface area contributed by atoms with E-state index in [1.54, 1.807) is 0 Å². The smallest absolute Gasteiger partial charge is 0.274 e. The average molecular weight is 504 g/mol. The van der Waals surface area contributed by atoms with E-state index >= 15 is 0 Å². The first kappa shape index (κ1) is 31.6. The summed E-state index contributed by atoms with van der Waals surface area (Å²) in [5.41, 5.74) is -0.727. The van der Waals surface area contributed by atoms with Crippen LogP contribution in [0.3, 0.4) is 0 Å². The summed E-state index contributed by atoms with van der Waals surface area (Å²) >= 11 is 0. The van der Waals surface area contributed by atoms with E-state index in [9.17, 15) is 13.2 Å². The van der Waals surface area contributed by atoms with Gasteiger partial charge in [-0.1, -0.05) is 44.8 Å². The minimum atomic E-state index is -4.26. The molecule has 163 valence electrons. The molecule has 0 bridgehead atoms. The largest absolute Gasteiger partial charge is 3.00 e. The quantitative estimate of drug-likeness (QED) is 0.283. The van der Waals surface area contributed by atoms with Crippen LogP contribution in [0.15, 0.2) is 59.0 Å². The maximum Gasteiger partial charge on any atom is 3.00 e. The van der Waals surface area contributed by atoms with Crippen LogP contribution in [0.25, 0.3) is 0 Å². The van der Waals surface area contributed by atoms with Gasteiger partial charge in [0.05, 0.1) is 0 Å². The number of hydrogen-bond donors (Lipinski definition) is 0. The van der Waals surface area contributed by atoms with Gasteiger partial charge >= 0.3 is 27.9 Å². The molecule has 0 unspecified atom stereocenters. The monoisotopic (exact) mass is 503 g/mol. The first-order valence-electron chi connectivity index (χ1n) is 9.41. The summed E-state index contributed by atoms with van der Waals surface area (Å²) < 4.78 is 35.3. The van der Waals surface area contributed by atoms with Crippen molar-refractivity contribution in [3.05, 3.63) is 82.7 Å². The van der Waals surface area contributed by atoms with Gasteiger partial charge in [-0.05, 0) is 0 Å².